The topological polar surface area (TPSA) is 107 Å². The molecule has 1 aliphatic carbocycles. The molecule has 1 aromatic heterocycles. The number of primary sulfonamides is 1. The quantitative estimate of drug-likeness (QED) is 0.644. The predicted octanol–water partition coefficient (Wildman–Crippen LogP) is 3.66. The van der Waals surface area contributed by atoms with E-state index in [1.54, 1.807) is 16.8 Å². The Labute approximate surface area is 174 Å². The zero-order chi connectivity index (χ0) is 21.3. The Bertz CT molecular complexity index is 1200. The van der Waals surface area contributed by atoms with Crippen molar-refractivity contribution < 1.29 is 17.6 Å². The van der Waals surface area contributed by atoms with Gasteiger partial charge in [-0.3, -0.25) is 9.48 Å². The van der Waals surface area contributed by atoms with E-state index in [0.717, 1.165) is 25.7 Å². The number of anilines is 1. The Morgan fingerprint density at radius 3 is 2.67 bits per heavy atom. The van der Waals surface area contributed by atoms with E-state index >= 15 is 0 Å². The van der Waals surface area contributed by atoms with Gasteiger partial charge in [0.15, 0.2) is 0 Å². The summed E-state index contributed by atoms with van der Waals surface area (Å²) in [6, 6.07) is 9.90. The number of rotatable bonds is 5. The van der Waals surface area contributed by atoms with Crippen molar-refractivity contribution in [3.05, 3.63) is 54.0 Å². The minimum Gasteiger partial charge on any atom is -0.321 e. The lowest BCUT2D eigenvalue weighted by molar-refractivity contribution is 0.101. The predicted molar refractivity (Wildman–Crippen MR) is 112 cm³/mol. The smallest absolute Gasteiger partial charge is 0.274 e. The number of fused-ring (bicyclic) bond motifs is 1. The van der Waals surface area contributed by atoms with E-state index in [-0.39, 0.29) is 4.90 Å². The number of hydrogen-bond acceptors (Lipinski definition) is 4. The highest BCUT2D eigenvalue weighted by molar-refractivity contribution is 7.89. The van der Waals surface area contributed by atoms with Crippen LogP contribution in [0.1, 0.15) is 42.6 Å². The minimum atomic E-state index is -3.89. The van der Waals surface area contributed by atoms with Crippen molar-refractivity contribution >= 4 is 32.5 Å². The van der Waals surface area contributed by atoms with Crippen LogP contribution in [-0.2, 0) is 16.6 Å². The van der Waals surface area contributed by atoms with Gasteiger partial charge < -0.3 is 5.32 Å². The molecule has 0 saturated heterocycles. The summed E-state index contributed by atoms with van der Waals surface area (Å²) in [5.74, 6) is -0.445. The van der Waals surface area contributed by atoms with Crippen LogP contribution in [0.2, 0.25) is 0 Å². The van der Waals surface area contributed by atoms with Gasteiger partial charge in [-0.2, -0.15) is 5.10 Å². The lowest BCUT2D eigenvalue weighted by Gasteiger charge is -2.22. The number of carbonyl (C=O) groups excluding carboxylic acids is 1. The first kappa shape index (κ1) is 20.5. The van der Waals surface area contributed by atoms with Gasteiger partial charge in [0.1, 0.15) is 11.5 Å². The Kier molecular flexibility index (Phi) is 5.57. The molecule has 1 heterocycles. The van der Waals surface area contributed by atoms with Crippen LogP contribution in [0.25, 0.3) is 10.9 Å². The Morgan fingerprint density at radius 2 is 1.93 bits per heavy atom. The molecule has 1 saturated carbocycles. The first-order chi connectivity index (χ1) is 14.3. The van der Waals surface area contributed by atoms with Crippen molar-refractivity contribution in [1.82, 2.24) is 9.78 Å². The molecule has 0 bridgehead atoms. The van der Waals surface area contributed by atoms with Gasteiger partial charge in [0.2, 0.25) is 10.0 Å². The second-order valence-corrected chi connectivity index (χ2v) is 9.28. The normalized spacial score (nSPS) is 15.4. The first-order valence-electron chi connectivity index (χ1n) is 9.91. The summed E-state index contributed by atoms with van der Waals surface area (Å²) in [5.41, 5.74) is 1.04. The van der Waals surface area contributed by atoms with Crippen molar-refractivity contribution in [3.63, 3.8) is 0 Å². The Balaban J connectivity index is 1.69. The highest BCUT2D eigenvalue weighted by atomic mass is 32.2. The molecule has 3 N–H and O–H groups in total. The van der Waals surface area contributed by atoms with Gasteiger partial charge in [-0.05, 0) is 49.1 Å². The van der Waals surface area contributed by atoms with E-state index in [9.17, 15) is 17.6 Å². The number of nitrogens with two attached hydrogens (primary N) is 1. The van der Waals surface area contributed by atoms with Gasteiger partial charge >= 0.3 is 0 Å². The van der Waals surface area contributed by atoms with Gasteiger partial charge in [-0.1, -0.05) is 25.3 Å². The van der Waals surface area contributed by atoms with Crippen LogP contribution in [0.3, 0.4) is 0 Å². The summed E-state index contributed by atoms with van der Waals surface area (Å²) in [5, 5.41) is 12.9. The molecule has 4 rings (SSSR count). The number of benzene rings is 2. The maximum absolute atomic E-state index is 13.7. The molecule has 1 aliphatic rings. The third-order valence-electron chi connectivity index (χ3n) is 5.49. The van der Waals surface area contributed by atoms with Crippen molar-refractivity contribution in [2.24, 2.45) is 11.1 Å². The molecular weight excluding hydrogens is 407 g/mol. The summed E-state index contributed by atoms with van der Waals surface area (Å²) in [6.07, 6.45) is 5.67. The van der Waals surface area contributed by atoms with E-state index in [1.807, 2.05) is 0 Å². The molecular formula is C21H23FN4O3S. The summed E-state index contributed by atoms with van der Waals surface area (Å²) in [6.45, 7) is 0.580. The zero-order valence-corrected chi connectivity index (χ0v) is 17.2. The fourth-order valence-electron chi connectivity index (χ4n) is 4.03. The van der Waals surface area contributed by atoms with E-state index in [4.69, 9.17) is 5.14 Å². The molecule has 2 aromatic carbocycles. The second-order valence-electron chi connectivity index (χ2n) is 7.72. The lowest BCUT2D eigenvalue weighted by atomic mass is 9.89. The highest BCUT2D eigenvalue weighted by Gasteiger charge is 2.23. The molecule has 3 aromatic rings. The van der Waals surface area contributed by atoms with Crippen molar-refractivity contribution in [2.75, 3.05) is 5.32 Å². The summed E-state index contributed by atoms with van der Waals surface area (Å²) >= 11 is 0. The molecule has 30 heavy (non-hydrogen) atoms. The van der Waals surface area contributed by atoms with Crippen LogP contribution < -0.4 is 10.5 Å². The molecule has 0 spiro atoms. The third kappa shape index (κ3) is 4.36. The number of nitrogens with one attached hydrogen (secondary N) is 1. The van der Waals surface area contributed by atoms with E-state index in [0.29, 0.717) is 34.7 Å². The minimum absolute atomic E-state index is 0.0945. The van der Waals surface area contributed by atoms with E-state index in [2.05, 4.69) is 10.4 Å². The molecule has 0 unspecified atom stereocenters. The van der Waals surface area contributed by atoms with Gasteiger partial charge in [0, 0.05) is 23.7 Å². The molecule has 1 amide bonds. The molecule has 9 heteroatoms. The molecule has 7 nitrogen and oxygen atoms in total. The molecule has 1 fully saturated rings. The third-order valence-corrected chi connectivity index (χ3v) is 6.40. The van der Waals surface area contributed by atoms with E-state index < -0.39 is 21.7 Å². The van der Waals surface area contributed by atoms with Crippen molar-refractivity contribution in [1.29, 1.82) is 0 Å². The molecule has 158 valence electrons. The SMILES string of the molecule is NS(=O)(=O)c1cccc(NC(=O)c2c3ccc(F)cc3nn2CC2CCCCC2)c1. The first-order valence-corrected chi connectivity index (χ1v) is 11.5. The van der Waals surface area contributed by atoms with E-state index in [1.165, 1.54) is 36.8 Å². The number of amides is 1. The zero-order valence-electron chi connectivity index (χ0n) is 16.3. The van der Waals surface area contributed by atoms with Crippen LogP contribution in [0.4, 0.5) is 10.1 Å². The second kappa shape index (κ2) is 8.16. The average Bonchev–Trinajstić information content (AvgIpc) is 3.05. The Morgan fingerprint density at radius 1 is 1.17 bits per heavy atom. The number of halogens is 1. The molecule has 0 atom stereocenters. The van der Waals surface area contributed by atoms with Crippen LogP contribution >= 0.6 is 0 Å². The van der Waals surface area contributed by atoms with Crippen LogP contribution in [-0.4, -0.2) is 24.1 Å². The lowest BCUT2D eigenvalue weighted by Crippen LogP contribution is -2.22. The van der Waals surface area contributed by atoms with Crippen molar-refractivity contribution in [3.8, 4) is 0 Å². The Hall–Kier alpha value is -2.78. The molecule has 0 radical (unpaired) electrons. The number of hydrogen-bond donors (Lipinski definition) is 2. The number of nitrogens with zero attached hydrogens (tertiary/aromatic N) is 2. The number of sulfonamides is 1. The van der Waals surface area contributed by atoms with Crippen molar-refractivity contribution in [2.45, 2.75) is 43.5 Å². The van der Waals surface area contributed by atoms with Gasteiger partial charge in [-0.25, -0.2) is 17.9 Å². The average molecular weight is 431 g/mol. The van der Waals surface area contributed by atoms with Gasteiger partial charge in [-0.15, -0.1) is 0 Å². The van der Waals surface area contributed by atoms with Gasteiger partial charge in [0.25, 0.3) is 5.91 Å². The highest BCUT2D eigenvalue weighted by Crippen LogP contribution is 2.28. The monoisotopic (exact) mass is 430 g/mol. The van der Waals surface area contributed by atoms with Crippen LogP contribution in [0.15, 0.2) is 47.4 Å². The summed E-state index contributed by atoms with van der Waals surface area (Å²) in [4.78, 5) is 13.1. The maximum Gasteiger partial charge on any atom is 0.274 e. The standard InChI is InChI=1S/C21H23FN4O3S/c22-15-9-10-18-19(11-15)25-26(13-14-5-2-1-3-6-14)20(18)21(27)24-16-7-4-8-17(12-16)30(23,28)29/h4,7-12,14H,1-3,5-6,13H2,(H,24,27)(H2,23,28,29). The van der Waals surface area contributed by atoms with Crippen LogP contribution in [0, 0.1) is 11.7 Å². The summed E-state index contributed by atoms with van der Waals surface area (Å²) in [7, 11) is -3.89. The molecule has 0 aliphatic heterocycles. The maximum atomic E-state index is 13.7. The fourth-order valence-corrected chi connectivity index (χ4v) is 4.59. The number of carbonyl (C=O) groups is 1. The van der Waals surface area contributed by atoms with Gasteiger partial charge in [0.05, 0.1) is 10.4 Å². The fraction of sp³-hybridized carbons (Fsp3) is 0.333. The van der Waals surface area contributed by atoms with Crippen LogP contribution in [0.5, 0.6) is 0 Å². The largest absolute Gasteiger partial charge is 0.321 e. The summed E-state index contributed by atoms with van der Waals surface area (Å²) < 4.78 is 38.6. The number of aromatic nitrogens is 2.